The zero-order chi connectivity index (χ0) is 21.1. The molecule has 1 aliphatic rings. The quantitative estimate of drug-likeness (QED) is 0.644. The number of hydrogen-bond donors (Lipinski definition) is 1. The highest BCUT2D eigenvalue weighted by Crippen LogP contribution is 2.16. The number of rotatable bonds is 5. The lowest BCUT2D eigenvalue weighted by Gasteiger charge is -2.26. The van der Waals surface area contributed by atoms with Crippen LogP contribution in [0.1, 0.15) is 5.56 Å². The Morgan fingerprint density at radius 1 is 1.27 bits per heavy atom. The molecule has 3 heterocycles. The first-order chi connectivity index (χ1) is 14.5. The molecular weight excluding hydrogens is 415 g/mol. The van der Waals surface area contributed by atoms with Crippen LogP contribution in [0.15, 0.2) is 35.5 Å². The third-order valence-corrected chi connectivity index (χ3v) is 4.94. The molecule has 3 aromatic rings. The molecule has 1 N–H and O–H groups in total. The van der Waals surface area contributed by atoms with E-state index in [0.29, 0.717) is 37.8 Å². The number of fused-ring (bicyclic) bond motifs is 1. The number of morpholine rings is 1. The van der Waals surface area contributed by atoms with Gasteiger partial charge >= 0.3 is 0 Å². The number of nitrogens with one attached hydrogen (secondary N) is 1. The summed E-state index contributed by atoms with van der Waals surface area (Å²) in [4.78, 5) is 39.7. The molecule has 30 heavy (non-hydrogen) atoms. The number of halogens is 2. The van der Waals surface area contributed by atoms with E-state index in [-0.39, 0.29) is 29.1 Å². The fraction of sp³-hybridized carbons (Fsp3) is 0.316. The minimum atomic E-state index is -0.528. The van der Waals surface area contributed by atoms with Crippen LogP contribution in [0.5, 0.6) is 0 Å². The molecule has 9 nitrogen and oxygen atoms in total. The normalized spacial score (nSPS) is 14.1. The van der Waals surface area contributed by atoms with Gasteiger partial charge < -0.3 is 15.0 Å². The van der Waals surface area contributed by atoms with Gasteiger partial charge in [-0.2, -0.15) is 4.98 Å². The van der Waals surface area contributed by atoms with Crippen LogP contribution >= 0.6 is 11.6 Å². The van der Waals surface area contributed by atoms with Crippen molar-refractivity contribution in [3.63, 3.8) is 0 Å². The van der Waals surface area contributed by atoms with Gasteiger partial charge in [-0.25, -0.2) is 14.4 Å². The lowest BCUT2D eigenvalue weighted by molar-refractivity contribution is -0.121. The van der Waals surface area contributed by atoms with Crippen molar-refractivity contribution in [2.45, 2.75) is 13.1 Å². The second-order valence-electron chi connectivity index (χ2n) is 6.71. The number of hydrogen-bond acceptors (Lipinski definition) is 7. The molecule has 0 spiro atoms. The van der Waals surface area contributed by atoms with Crippen LogP contribution < -0.4 is 15.8 Å². The maximum absolute atomic E-state index is 13.2. The van der Waals surface area contributed by atoms with Gasteiger partial charge in [0.1, 0.15) is 24.1 Å². The molecule has 0 atom stereocenters. The summed E-state index contributed by atoms with van der Waals surface area (Å²) in [7, 11) is 0. The minimum Gasteiger partial charge on any atom is -0.378 e. The van der Waals surface area contributed by atoms with Gasteiger partial charge in [-0.05, 0) is 17.7 Å². The number of aromatic nitrogens is 4. The zero-order valence-electron chi connectivity index (χ0n) is 15.8. The minimum absolute atomic E-state index is 0.0202. The van der Waals surface area contributed by atoms with E-state index in [1.54, 1.807) is 0 Å². The van der Waals surface area contributed by atoms with Crippen molar-refractivity contribution in [1.82, 2.24) is 24.8 Å². The van der Waals surface area contributed by atoms with E-state index < -0.39 is 17.3 Å². The highest BCUT2D eigenvalue weighted by molar-refractivity contribution is 6.30. The van der Waals surface area contributed by atoms with Gasteiger partial charge in [-0.1, -0.05) is 17.7 Å². The van der Waals surface area contributed by atoms with Gasteiger partial charge in [0.2, 0.25) is 11.9 Å². The van der Waals surface area contributed by atoms with Gasteiger partial charge in [0, 0.05) is 25.8 Å². The highest BCUT2D eigenvalue weighted by atomic mass is 35.5. The van der Waals surface area contributed by atoms with Gasteiger partial charge in [0.05, 0.1) is 18.2 Å². The molecule has 1 aromatic carbocycles. The SMILES string of the molecule is O=C(Cn1cnc2nc(N3CCOCC3)ncc2c1=O)NCc1ccc(F)c(Cl)c1. The Hall–Kier alpha value is -3.11. The summed E-state index contributed by atoms with van der Waals surface area (Å²) in [6.07, 6.45) is 2.71. The first kappa shape index (κ1) is 20.2. The Morgan fingerprint density at radius 3 is 2.83 bits per heavy atom. The average Bonchev–Trinajstić information content (AvgIpc) is 2.77. The molecule has 1 fully saturated rings. The molecule has 4 rings (SSSR count). The second-order valence-corrected chi connectivity index (χ2v) is 7.12. The van der Waals surface area contributed by atoms with Gasteiger partial charge in [0.25, 0.3) is 5.56 Å². The van der Waals surface area contributed by atoms with E-state index in [9.17, 15) is 14.0 Å². The van der Waals surface area contributed by atoms with E-state index in [0.717, 1.165) is 0 Å². The molecule has 2 aromatic heterocycles. The zero-order valence-corrected chi connectivity index (χ0v) is 16.6. The van der Waals surface area contributed by atoms with Crippen molar-refractivity contribution >= 4 is 34.5 Å². The Balaban J connectivity index is 1.45. The third kappa shape index (κ3) is 4.39. The molecule has 0 unspecified atom stereocenters. The van der Waals surface area contributed by atoms with Crippen LogP contribution in [0.3, 0.4) is 0 Å². The maximum Gasteiger partial charge on any atom is 0.264 e. The average molecular weight is 433 g/mol. The summed E-state index contributed by atoms with van der Waals surface area (Å²) in [5, 5.41) is 2.87. The second kappa shape index (κ2) is 8.72. The molecule has 156 valence electrons. The van der Waals surface area contributed by atoms with Crippen molar-refractivity contribution < 1.29 is 13.9 Å². The van der Waals surface area contributed by atoms with E-state index in [4.69, 9.17) is 16.3 Å². The van der Waals surface area contributed by atoms with Crippen molar-refractivity contribution in [2.75, 3.05) is 31.2 Å². The lowest BCUT2D eigenvalue weighted by atomic mass is 10.2. The Bertz CT molecular complexity index is 1150. The number of benzene rings is 1. The summed E-state index contributed by atoms with van der Waals surface area (Å²) >= 11 is 5.73. The molecule has 0 bridgehead atoms. The number of nitrogens with zero attached hydrogens (tertiary/aromatic N) is 5. The Morgan fingerprint density at radius 2 is 2.07 bits per heavy atom. The van der Waals surface area contributed by atoms with Crippen molar-refractivity contribution in [3.05, 3.63) is 57.5 Å². The lowest BCUT2D eigenvalue weighted by Crippen LogP contribution is -2.37. The number of carbonyl (C=O) groups is 1. The van der Waals surface area contributed by atoms with Crippen LogP contribution in [0.4, 0.5) is 10.3 Å². The van der Waals surface area contributed by atoms with E-state index >= 15 is 0 Å². The van der Waals surface area contributed by atoms with Crippen LogP contribution in [0, 0.1) is 5.82 Å². The maximum atomic E-state index is 13.2. The first-order valence-electron chi connectivity index (χ1n) is 9.27. The topological polar surface area (TPSA) is 102 Å². The van der Waals surface area contributed by atoms with Gasteiger partial charge in [-0.3, -0.25) is 14.2 Å². The molecule has 1 amide bonds. The Kier molecular flexibility index (Phi) is 5.86. The largest absolute Gasteiger partial charge is 0.378 e. The monoisotopic (exact) mass is 432 g/mol. The first-order valence-corrected chi connectivity index (χ1v) is 9.64. The molecule has 0 saturated carbocycles. The molecule has 1 saturated heterocycles. The molecule has 0 radical (unpaired) electrons. The predicted octanol–water partition coefficient (Wildman–Crippen LogP) is 1.13. The smallest absolute Gasteiger partial charge is 0.264 e. The molecule has 0 aliphatic carbocycles. The van der Waals surface area contributed by atoms with Gasteiger partial charge in [0.15, 0.2) is 5.65 Å². The Labute approximate surface area is 175 Å². The van der Waals surface area contributed by atoms with Gasteiger partial charge in [-0.15, -0.1) is 0 Å². The van der Waals surface area contributed by atoms with Crippen LogP contribution in [0.2, 0.25) is 5.02 Å². The van der Waals surface area contributed by atoms with Crippen LogP contribution in [-0.2, 0) is 22.6 Å². The fourth-order valence-corrected chi connectivity index (χ4v) is 3.24. The van der Waals surface area contributed by atoms with Crippen LogP contribution in [0.25, 0.3) is 11.0 Å². The summed E-state index contributed by atoms with van der Waals surface area (Å²) < 4.78 is 19.7. The van der Waals surface area contributed by atoms with E-state index in [1.165, 1.54) is 35.3 Å². The summed E-state index contributed by atoms with van der Waals surface area (Å²) in [6, 6.07) is 4.19. The number of anilines is 1. The van der Waals surface area contributed by atoms with E-state index in [2.05, 4.69) is 20.3 Å². The fourth-order valence-electron chi connectivity index (χ4n) is 3.03. The predicted molar refractivity (Wildman–Crippen MR) is 108 cm³/mol. The summed E-state index contributed by atoms with van der Waals surface area (Å²) in [6.45, 7) is 2.46. The van der Waals surface area contributed by atoms with Crippen molar-refractivity contribution in [1.29, 1.82) is 0 Å². The number of amides is 1. The molecule has 11 heteroatoms. The standard InChI is InChI=1S/C19H18ClFN6O3/c20-14-7-12(1-2-15(14)21)8-22-16(28)10-27-11-24-17-13(18(27)29)9-23-19(25-17)26-3-5-30-6-4-26/h1-2,7,9,11H,3-6,8,10H2,(H,22,28). The summed E-state index contributed by atoms with van der Waals surface area (Å²) in [5.74, 6) is -0.435. The number of carbonyl (C=O) groups excluding carboxylic acids is 1. The third-order valence-electron chi connectivity index (χ3n) is 4.65. The van der Waals surface area contributed by atoms with Crippen molar-refractivity contribution in [3.8, 4) is 0 Å². The highest BCUT2D eigenvalue weighted by Gasteiger charge is 2.16. The van der Waals surface area contributed by atoms with Crippen molar-refractivity contribution in [2.24, 2.45) is 0 Å². The summed E-state index contributed by atoms with van der Waals surface area (Å²) in [5.41, 5.74) is 0.505. The number of ether oxygens (including phenoxy) is 1. The van der Waals surface area contributed by atoms with E-state index in [1.807, 2.05) is 4.90 Å². The molecule has 1 aliphatic heterocycles. The van der Waals surface area contributed by atoms with Crippen LogP contribution in [-0.4, -0.2) is 51.7 Å². The molecular formula is C19H18ClFN6O3.